The van der Waals surface area contributed by atoms with E-state index in [-0.39, 0.29) is 17.4 Å². The van der Waals surface area contributed by atoms with Crippen molar-refractivity contribution in [2.24, 2.45) is 5.92 Å². The third-order valence-electron chi connectivity index (χ3n) is 4.80. The first-order valence-corrected chi connectivity index (χ1v) is 10.6. The standard InChI is InChI=1S/C19H31N3O2S/c1-4-6-7-8-9-10-11-20-17(23)15-12-22-18(24)16(5-2)14(3)21-19(22)25-13-15/h15H,4-13H2,1-3H3,(H,20,23). The van der Waals surface area contributed by atoms with Crippen LogP contribution in [-0.4, -0.2) is 27.8 Å². The summed E-state index contributed by atoms with van der Waals surface area (Å²) in [6.45, 7) is 7.26. The minimum Gasteiger partial charge on any atom is -0.356 e. The number of aryl methyl sites for hydroxylation is 1. The third-order valence-corrected chi connectivity index (χ3v) is 5.94. The Hall–Kier alpha value is -1.30. The van der Waals surface area contributed by atoms with Gasteiger partial charge in [-0.2, -0.15) is 0 Å². The maximum Gasteiger partial charge on any atom is 0.257 e. The summed E-state index contributed by atoms with van der Waals surface area (Å²) in [6.07, 6.45) is 7.97. The molecule has 1 aliphatic heterocycles. The van der Waals surface area contributed by atoms with Crippen LogP contribution in [0.2, 0.25) is 0 Å². The van der Waals surface area contributed by atoms with Crippen LogP contribution in [0.1, 0.15) is 63.6 Å². The Kier molecular flexibility index (Phi) is 8.00. The molecule has 2 heterocycles. The molecule has 0 bridgehead atoms. The number of thioether (sulfide) groups is 1. The first kappa shape index (κ1) is 20.0. The molecule has 1 N–H and O–H groups in total. The number of hydrogen-bond acceptors (Lipinski definition) is 4. The minimum atomic E-state index is -0.149. The lowest BCUT2D eigenvalue weighted by Crippen LogP contribution is -2.41. The van der Waals surface area contributed by atoms with Crippen molar-refractivity contribution in [2.45, 2.75) is 77.4 Å². The predicted molar refractivity (Wildman–Crippen MR) is 103 cm³/mol. The van der Waals surface area contributed by atoms with Gasteiger partial charge in [-0.15, -0.1) is 0 Å². The second kappa shape index (κ2) is 10.00. The molecule has 5 nitrogen and oxygen atoms in total. The molecule has 2 rings (SSSR count). The zero-order valence-electron chi connectivity index (χ0n) is 15.8. The van der Waals surface area contributed by atoms with Crippen molar-refractivity contribution in [1.82, 2.24) is 14.9 Å². The molecule has 1 amide bonds. The van der Waals surface area contributed by atoms with Crippen LogP contribution < -0.4 is 10.9 Å². The van der Waals surface area contributed by atoms with Gasteiger partial charge in [0.25, 0.3) is 5.56 Å². The lowest BCUT2D eigenvalue weighted by atomic mass is 10.1. The summed E-state index contributed by atoms with van der Waals surface area (Å²) in [6, 6.07) is 0. The van der Waals surface area contributed by atoms with Crippen molar-refractivity contribution in [2.75, 3.05) is 12.3 Å². The molecular weight excluding hydrogens is 334 g/mol. The molecular formula is C19H31N3O2S. The lowest BCUT2D eigenvalue weighted by molar-refractivity contribution is -0.124. The van der Waals surface area contributed by atoms with Gasteiger partial charge in [-0.25, -0.2) is 4.98 Å². The van der Waals surface area contributed by atoms with Gasteiger partial charge in [0.15, 0.2) is 5.16 Å². The summed E-state index contributed by atoms with van der Waals surface area (Å²) in [5.41, 5.74) is 1.60. The molecule has 0 radical (unpaired) electrons. The van der Waals surface area contributed by atoms with Gasteiger partial charge in [0.2, 0.25) is 5.91 Å². The second-order valence-corrected chi connectivity index (χ2v) is 7.78. The van der Waals surface area contributed by atoms with E-state index in [0.29, 0.717) is 18.7 Å². The summed E-state index contributed by atoms with van der Waals surface area (Å²) < 4.78 is 1.69. The Morgan fingerprint density at radius 2 is 1.96 bits per heavy atom. The minimum absolute atomic E-state index is 0.0194. The van der Waals surface area contributed by atoms with E-state index in [1.54, 1.807) is 4.57 Å². The average Bonchev–Trinajstić information content (AvgIpc) is 2.61. The highest BCUT2D eigenvalue weighted by Gasteiger charge is 2.27. The number of nitrogens with one attached hydrogen (secondary N) is 1. The number of unbranched alkanes of at least 4 members (excludes halogenated alkanes) is 5. The summed E-state index contributed by atoms with van der Waals surface area (Å²) in [5, 5.41) is 3.80. The van der Waals surface area contributed by atoms with E-state index in [1.165, 1.54) is 43.9 Å². The van der Waals surface area contributed by atoms with Crippen molar-refractivity contribution in [3.05, 3.63) is 21.6 Å². The molecule has 0 fully saturated rings. The quantitative estimate of drug-likeness (QED) is 0.539. The summed E-state index contributed by atoms with van der Waals surface area (Å²) >= 11 is 1.52. The number of carbonyl (C=O) groups is 1. The molecule has 25 heavy (non-hydrogen) atoms. The third kappa shape index (κ3) is 5.33. The number of nitrogens with zero attached hydrogens (tertiary/aromatic N) is 2. The zero-order valence-corrected chi connectivity index (χ0v) is 16.6. The highest BCUT2D eigenvalue weighted by molar-refractivity contribution is 7.99. The van der Waals surface area contributed by atoms with Gasteiger partial charge in [-0.05, 0) is 19.8 Å². The lowest BCUT2D eigenvalue weighted by Gasteiger charge is -2.25. The van der Waals surface area contributed by atoms with Gasteiger partial charge in [0, 0.05) is 30.1 Å². The Morgan fingerprint density at radius 1 is 1.24 bits per heavy atom. The number of hydrogen-bond donors (Lipinski definition) is 1. The molecule has 0 saturated heterocycles. The van der Waals surface area contributed by atoms with E-state index >= 15 is 0 Å². The van der Waals surface area contributed by atoms with Crippen molar-refractivity contribution in [3.8, 4) is 0 Å². The number of carbonyl (C=O) groups excluding carboxylic acids is 1. The van der Waals surface area contributed by atoms with Gasteiger partial charge >= 0.3 is 0 Å². The first-order valence-electron chi connectivity index (χ1n) is 9.59. The zero-order chi connectivity index (χ0) is 18.2. The number of amides is 1. The molecule has 1 aromatic heterocycles. The SMILES string of the molecule is CCCCCCCCNC(=O)C1CSc2nc(C)c(CC)c(=O)n2C1. The number of fused-ring (bicyclic) bond motifs is 1. The monoisotopic (exact) mass is 365 g/mol. The Bertz CT molecular complexity index is 642. The second-order valence-electron chi connectivity index (χ2n) is 6.79. The van der Waals surface area contributed by atoms with Crippen molar-refractivity contribution < 1.29 is 4.79 Å². The molecule has 1 unspecified atom stereocenters. The van der Waals surface area contributed by atoms with E-state index in [9.17, 15) is 9.59 Å². The largest absolute Gasteiger partial charge is 0.356 e. The van der Waals surface area contributed by atoms with Crippen LogP contribution in [0.3, 0.4) is 0 Å². The van der Waals surface area contributed by atoms with Crippen molar-refractivity contribution >= 4 is 17.7 Å². The fourth-order valence-electron chi connectivity index (χ4n) is 3.22. The van der Waals surface area contributed by atoms with Gasteiger partial charge in [0.1, 0.15) is 0 Å². The molecule has 0 aromatic carbocycles. The van der Waals surface area contributed by atoms with E-state index in [0.717, 1.165) is 29.4 Å². The van der Waals surface area contributed by atoms with Crippen LogP contribution in [0.4, 0.5) is 0 Å². The summed E-state index contributed by atoms with van der Waals surface area (Å²) in [5.74, 6) is 0.612. The number of aromatic nitrogens is 2. The van der Waals surface area contributed by atoms with Gasteiger partial charge in [-0.3, -0.25) is 14.2 Å². The molecule has 6 heteroatoms. The molecule has 1 aromatic rings. The molecule has 1 atom stereocenters. The molecule has 140 valence electrons. The number of rotatable bonds is 9. The van der Waals surface area contributed by atoms with Crippen molar-refractivity contribution in [1.29, 1.82) is 0 Å². The summed E-state index contributed by atoms with van der Waals surface area (Å²) in [7, 11) is 0. The normalized spacial score (nSPS) is 16.5. The molecule has 1 aliphatic rings. The first-order chi connectivity index (χ1) is 12.1. The maximum absolute atomic E-state index is 12.6. The van der Waals surface area contributed by atoms with Gasteiger partial charge < -0.3 is 5.32 Å². The van der Waals surface area contributed by atoms with Crippen molar-refractivity contribution in [3.63, 3.8) is 0 Å². The maximum atomic E-state index is 12.6. The topological polar surface area (TPSA) is 64.0 Å². The van der Waals surface area contributed by atoms with Crippen LogP contribution >= 0.6 is 11.8 Å². The van der Waals surface area contributed by atoms with E-state index in [1.807, 2.05) is 13.8 Å². The Morgan fingerprint density at radius 3 is 2.68 bits per heavy atom. The Balaban J connectivity index is 1.85. The van der Waals surface area contributed by atoms with E-state index in [4.69, 9.17) is 0 Å². The fourth-order valence-corrected chi connectivity index (χ4v) is 4.34. The van der Waals surface area contributed by atoms with Crippen LogP contribution in [0.5, 0.6) is 0 Å². The van der Waals surface area contributed by atoms with Gasteiger partial charge in [-0.1, -0.05) is 57.7 Å². The smallest absolute Gasteiger partial charge is 0.257 e. The predicted octanol–water partition coefficient (Wildman–Crippen LogP) is 3.31. The van der Waals surface area contributed by atoms with Crippen LogP contribution in [0.15, 0.2) is 9.95 Å². The summed E-state index contributed by atoms with van der Waals surface area (Å²) in [4.78, 5) is 29.6. The van der Waals surface area contributed by atoms with Gasteiger partial charge in [0.05, 0.1) is 5.92 Å². The molecule has 0 aliphatic carbocycles. The highest BCUT2D eigenvalue weighted by atomic mass is 32.2. The molecule has 0 saturated carbocycles. The highest BCUT2D eigenvalue weighted by Crippen LogP contribution is 2.26. The Labute approximate surface area is 155 Å². The van der Waals surface area contributed by atoms with Crippen LogP contribution in [-0.2, 0) is 17.8 Å². The van der Waals surface area contributed by atoms with Crippen LogP contribution in [0.25, 0.3) is 0 Å². The average molecular weight is 366 g/mol. The van der Waals surface area contributed by atoms with E-state index < -0.39 is 0 Å². The van der Waals surface area contributed by atoms with Crippen LogP contribution in [0, 0.1) is 12.8 Å². The van der Waals surface area contributed by atoms with E-state index in [2.05, 4.69) is 17.2 Å². The molecule has 0 spiro atoms. The fraction of sp³-hybridized carbons (Fsp3) is 0.737.